The van der Waals surface area contributed by atoms with Gasteiger partial charge in [0.1, 0.15) is 5.82 Å². The van der Waals surface area contributed by atoms with Gasteiger partial charge in [0.25, 0.3) is 0 Å². The van der Waals surface area contributed by atoms with Gasteiger partial charge in [-0.3, -0.25) is 4.98 Å². The molecule has 0 bridgehead atoms. The molecular weight excluding hydrogens is 296 g/mol. The van der Waals surface area contributed by atoms with Crippen molar-refractivity contribution in [2.45, 2.75) is 0 Å². The molecule has 6 heteroatoms. The maximum absolute atomic E-state index is 13.8. The number of halogens is 3. The summed E-state index contributed by atoms with van der Waals surface area (Å²) in [7, 11) is 0. The standard InChI is InChI=1S/C15H10ClF2N3/c16-11-5-9(17)6-12(18)15(11)21-13-2-1-8-7-20-4-3-10(8)14(13)19/h1-7,21H,19H2. The average molecular weight is 306 g/mol. The number of aromatic nitrogens is 1. The highest BCUT2D eigenvalue weighted by molar-refractivity contribution is 6.33. The van der Waals surface area contributed by atoms with Crippen LogP contribution < -0.4 is 11.1 Å². The van der Waals surface area contributed by atoms with E-state index in [1.807, 2.05) is 0 Å². The molecule has 0 fully saturated rings. The van der Waals surface area contributed by atoms with Gasteiger partial charge in [0.05, 0.1) is 22.1 Å². The molecule has 0 spiro atoms. The van der Waals surface area contributed by atoms with Crippen molar-refractivity contribution < 1.29 is 8.78 Å². The van der Waals surface area contributed by atoms with Crippen molar-refractivity contribution in [3.05, 3.63) is 59.4 Å². The van der Waals surface area contributed by atoms with Crippen molar-refractivity contribution in [2.24, 2.45) is 0 Å². The second kappa shape index (κ2) is 5.18. The first-order chi connectivity index (χ1) is 10.1. The minimum Gasteiger partial charge on any atom is -0.397 e. The molecule has 0 saturated carbocycles. The van der Waals surface area contributed by atoms with E-state index < -0.39 is 11.6 Å². The number of hydrogen-bond donors (Lipinski definition) is 2. The zero-order valence-corrected chi connectivity index (χ0v) is 11.5. The minimum absolute atomic E-state index is 0.0156. The second-order valence-electron chi connectivity index (χ2n) is 4.49. The molecule has 3 rings (SSSR count). The number of anilines is 3. The van der Waals surface area contributed by atoms with Crippen molar-refractivity contribution in [3.63, 3.8) is 0 Å². The number of hydrogen-bond acceptors (Lipinski definition) is 3. The monoisotopic (exact) mass is 305 g/mol. The summed E-state index contributed by atoms with van der Waals surface area (Å²) in [6, 6.07) is 7.05. The van der Waals surface area contributed by atoms with Crippen molar-refractivity contribution >= 4 is 39.4 Å². The summed E-state index contributed by atoms with van der Waals surface area (Å²) in [5.74, 6) is -1.52. The van der Waals surface area contributed by atoms with Crippen LogP contribution >= 0.6 is 11.6 Å². The first-order valence-corrected chi connectivity index (χ1v) is 6.48. The second-order valence-corrected chi connectivity index (χ2v) is 4.90. The van der Waals surface area contributed by atoms with Gasteiger partial charge in [-0.25, -0.2) is 8.78 Å². The van der Waals surface area contributed by atoms with Crippen LogP contribution in [0, 0.1) is 11.6 Å². The molecule has 0 radical (unpaired) electrons. The first kappa shape index (κ1) is 13.6. The molecule has 0 atom stereocenters. The molecule has 0 aliphatic heterocycles. The lowest BCUT2D eigenvalue weighted by Gasteiger charge is -2.13. The van der Waals surface area contributed by atoms with Gasteiger partial charge in [0.2, 0.25) is 0 Å². The predicted molar refractivity (Wildman–Crippen MR) is 80.8 cm³/mol. The molecule has 0 aliphatic carbocycles. The van der Waals surface area contributed by atoms with E-state index in [0.717, 1.165) is 22.9 Å². The first-order valence-electron chi connectivity index (χ1n) is 6.10. The highest BCUT2D eigenvalue weighted by Gasteiger charge is 2.12. The molecule has 0 amide bonds. The molecule has 0 saturated heterocycles. The van der Waals surface area contributed by atoms with Crippen molar-refractivity contribution in [1.82, 2.24) is 4.98 Å². The third kappa shape index (κ3) is 2.48. The number of nitrogen functional groups attached to an aromatic ring is 1. The lowest BCUT2D eigenvalue weighted by molar-refractivity contribution is 0.586. The molecule has 3 N–H and O–H groups in total. The minimum atomic E-state index is -0.783. The number of pyridine rings is 1. The van der Waals surface area contributed by atoms with E-state index in [9.17, 15) is 8.78 Å². The Bertz CT molecular complexity index is 813. The van der Waals surface area contributed by atoms with Crippen molar-refractivity contribution in [1.29, 1.82) is 0 Å². The normalized spacial score (nSPS) is 10.8. The zero-order chi connectivity index (χ0) is 15.0. The Kier molecular flexibility index (Phi) is 3.35. The van der Waals surface area contributed by atoms with Gasteiger partial charge in [0, 0.05) is 29.2 Å². The Morgan fingerprint density at radius 2 is 1.95 bits per heavy atom. The third-order valence-corrected chi connectivity index (χ3v) is 3.43. The molecule has 21 heavy (non-hydrogen) atoms. The van der Waals surface area contributed by atoms with Crippen LogP contribution in [0.1, 0.15) is 0 Å². The van der Waals surface area contributed by atoms with E-state index in [-0.39, 0.29) is 10.7 Å². The van der Waals surface area contributed by atoms with E-state index in [1.165, 1.54) is 0 Å². The SMILES string of the molecule is Nc1c(Nc2c(F)cc(F)cc2Cl)ccc2cnccc12. The number of fused-ring (bicyclic) bond motifs is 1. The molecule has 2 aromatic carbocycles. The number of rotatable bonds is 2. The zero-order valence-electron chi connectivity index (χ0n) is 10.7. The topological polar surface area (TPSA) is 50.9 Å². The smallest absolute Gasteiger partial charge is 0.151 e. The van der Waals surface area contributed by atoms with Crippen LogP contribution in [-0.4, -0.2) is 4.98 Å². The van der Waals surface area contributed by atoms with Gasteiger partial charge in [-0.1, -0.05) is 17.7 Å². The Morgan fingerprint density at radius 3 is 2.71 bits per heavy atom. The highest BCUT2D eigenvalue weighted by atomic mass is 35.5. The average Bonchev–Trinajstić information content (AvgIpc) is 2.45. The van der Waals surface area contributed by atoms with Crippen LogP contribution in [0.25, 0.3) is 10.8 Å². The molecule has 3 nitrogen and oxygen atoms in total. The van der Waals surface area contributed by atoms with Crippen LogP contribution in [-0.2, 0) is 0 Å². The predicted octanol–water partition coefficient (Wildman–Crippen LogP) is 4.49. The Hall–Kier alpha value is -2.40. The van der Waals surface area contributed by atoms with Crippen LogP contribution in [0.3, 0.4) is 0 Å². The molecule has 3 aromatic rings. The molecule has 1 heterocycles. The maximum atomic E-state index is 13.8. The van der Waals surface area contributed by atoms with Crippen molar-refractivity contribution in [2.75, 3.05) is 11.1 Å². The van der Waals surface area contributed by atoms with Gasteiger partial charge >= 0.3 is 0 Å². The third-order valence-electron chi connectivity index (χ3n) is 3.13. The van der Waals surface area contributed by atoms with Crippen LogP contribution in [0.4, 0.5) is 25.8 Å². The summed E-state index contributed by atoms with van der Waals surface area (Å²) in [6.07, 6.45) is 3.30. The maximum Gasteiger partial charge on any atom is 0.151 e. The van der Waals surface area contributed by atoms with Gasteiger partial charge in [0.15, 0.2) is 5.82 Å². The number of nitrogens with two attached hydrogens (primary N) is 1. The van der Waals surface area contributed by atoms with E-state index in [0.29, 0.717) is 11.4 Å². The number of benzene rings is 2. The van der Waals surface area contributed by atoms with Crippen LogP contribution in [0.5, 0.6) is 0 Å². The lowest BCUT2D eigenvalue weighted by Crippen LogP contribution is -2.00. The van der Waals surface area contributed by atoms with Gasteiger partial charge in [-0.2, -0.15) is 0 Å². The Balaban J connectivity index is 2.09. The van der Waals surface area contributed by atoms with E-state index >= 15 is 0 Å². The summed E-state index contributed by atoms with van der Waals surface area (Å²) < 4.78 is 26.9. The quantitative estimate of drug-likeness (QED) is 0.686. The summed E-state index contributed by atoms with van der Waals surface area (Å²) in [4.78, 5) is 4.01. The van der Waals surface area contributed by atoms with Gasteiger partial charge in [-0.05, 0) is 18.2 Å². The number of nitrogens with one attached hydrogen (secondary N) is 1. The number of nitrogens with zero attached hydrogens (tertiary/aromatic N) is 1. The summed E-state index contributed by atoms with van der Waals surface area (Å²) in [5.41, 5.74) is 6.98. The summed E-state index contributed by atoms with van der Waals surface area (Å²) in [5, 5.41) is 4.41. The molecule has 0 aliphatic rings. The Labute approximate surface area is 124 Å². The van der Waals surface area contributed by atoms with E-state index in [1.54, 1.807) is 30.6 Å². The lowest BCUT2D eigenvalue weighted by atomic mass is 10.1. The summed E-state index contributed by atoms with van der Waals surface area (Å²) >= 11 is 5.86. The van der Waals surface area contributed by atoms with E-state index in [4.69, 9.17) is 17.3 Å². The fraction of sp³-hybridized carbons (Fsp3) is 0. The summed E-state index contributed by atoms with van der Waals surface area (Å²) in [6.45, 7) is 0. The fourth-order valence-corrected chi connectivity index (χ4v) is 2.34. The molecule has 1 aromatic heterocycles. The molecule has 0 unspecified atom stereocenters. The van der Waals surface area contributed by atoms with Crippen molar-refractivity contribution in [3.8, 4) is 0 Å². The van der Waals surface area contributed by atoms with Gasteiger partial charge < -0.3 is 11.1 Å². The van der Waals surface area contributed by atoms with Gasteiger partial charge in [-0.15, -0.1) is 0 Å². The van der Waals surface area contributed by atoms with Crippen LogP contribution in [0.2, 0.25) is 5.02 Å². The fourth-order valence-electron chi connectivity index (χ4n) is 2.10. The van der Waals surface area contributed by atoms with E-state index in [2.05, 4.69) is 10.3 Å². The molecular formula is C15H10ClF2N3. The molecule has 106 valence electrons. The largest absolute Gasteiger partial charge is 0.397 e. The van der Waals surface area contributed by atoms with Crippen LogP contribution in [0.15, 0.2) is 42.7 Å². The Morgan fingerprint density at radius 1 is 1.14 bits per heavy atom. The highest BCUT2D eigenvalue weighted by Crippen LogP contribution is 2.34.